The molecular formula is C23H32N4O2S. The van der Waals surface area contributed by atoms with Gasteiger partial charge in [0.15, 0.2) is 5.17 Å². The molecule has 30 heavy (non-hydrogen) atoms. The van der Waals surface area contributed by atoms with Crippen LogP contribution < -0.4 is 5.32 Å². The number of nitrogens with one attached hydrogen (secondary N) is 1. The number of piperidine rings is 1. The third-order valence-corrected chi connectivity index (χ3v) is 9.18. The van der Waals surface area contributed by atoms with E-state index in [-0.39, 0.29) is 5.91 Å². The Morgan fingerprint density at radius 3 is 2.83 bits per heavy atom. The van der Waals surface area contributed by atoms with Gasteiger partial charge in [-0.2, -0.15) is 0 Å². The number of amidine groups is 1. The molecule has 1 aromatic heterocycles. The fourth-order valence-corrected chi connectivity index (χ4v) is 7.23. The number of hydrogen-bond donors (Lipinski definition) is 2. The Labute approximate surface area is 182 Å². The quantitative estimate of drug-likeness (QED) is 0.754. The molecule has 7 heteroatoms. The lowest BCUT2D eigenvalue weighted by atomic mass is 9.84. The zero-order valence-corrected chi connectivity index (χ0v) is 18.5. The second-order valence-corrected chi connectivity index (χ2v) is 11.1. The minimum absolute atomic E-state index is 0.115. The number of aliphatic hydroxyl groups is 1. The van der Waals surface area contributed by atoms with Crippen LogP contribution in [-0.4, -0.2) is 56.2 Å². The summed E-state index contributed by atoms with van der Waals surface area (Å²) in [5.74, 6) is 2.01. The molecule has 5 atom stereocenters. The Kier molecular flexibility index (Phi) is 5.62. The second kappa shape index (κ2) is 8.24. The molecule has 0 spiro atoms. The predicted octanol–water partition coefficient (Wildman–Crippen LogP) is 2.82. The maximum absolute atomic E-state index is 12.9. The Balaban J connectivity index is 1.18. The molecule has 2 bridgehead atoms. The second-order valence-electron chi connectivity index (χ2n) is 9.70. The molecule has 2 unspecified atom stereocenters. The fraction of sp³-hybridized carbons (Fsp3) is 0.696. The maximum Gasteiger partial charge on any atom is 0.242 e. The van der Waals surface area contributed by atoms with Gasteiger partial charge < -0.3 is 10.4 Å². The van der Waals surface area contributed by atoms with Crippen molar-refractivity contribution in [2.24, 2.45) is 22.7 Å². The summed E-state index contributed by atoms with van der Waals surface area (Å²) < 4.78 is -0.448. The first-order valence-corrected chi connectivity index (χ1v) is 12.2. The molecule has 4 aliphatic rings. The van der Waals surface area contributed by atoms with Crippen molar-refractivity contribution >= 4 is 22.8 Å². The Bertz CT molecular complexity index is 811. The van der Waals surface area contributed by atoms with E-state index >= 15 is 0 Å². The van der Waals surface area contributed by atoms with Crippen LogP contribution >= 0.6 is 11.8 Å². The highest BCUT2D eigenvalue weighted by Gasteiger charge is 2.50. The van der Waals surface area contributed by atoms with Crippen molar-refractivity contribution in [3.05, 3.63) is 30.1 Å². The summed E-state index contributed by atoms with van der Waals surface area (Å²) in [5.41, 5.74) is 1.05. The van der Waals surface area contributed by atoms with Crippen LogP contribution in [0, 0.1) is 17.8 Å². The lowest BCUT2D eigenvalue weighted by molar-refractivity contribution is -0.123. The highest BCUT2D eigenvalue weighted by molar-refractivity contribution is 8.16. The van der Waals surface area contributed by atoms with Gasteiger partial charge in [0, 0.05) is 31.9 Å². The zero-order valence-electron chi connectivity index (χ0n) is 17.7. The first-order chi connectivity index (χ1) is 14.5. The van der Waals surface area contributed by atoms with Crippen molar-refractivity contribution in [2.75, 3.05) is 13.1 Å². The van der Waals surface area contributed by atoms with Gasteiger partial charge in [-0.05, 0) is 68.4 Å². The van der Waals surface area contributed by atoms with Gasteiger partial charge in [-0.15, -0.1) is 0 Å². The third-order valence-electron chi connectivity index (χ3n) is 7.84. The first-order valence-electron chi connectivity index (χ1n) is 11.4. The van der Waals surface area contributed by atoms with E-state index in [0.29, 0.717) is 18.4 Å². The number of aliphatic imine (C=N–C) groups is 1. The first kappa shape index (κ1) is 20.5. The lowest BCUT2D eigenvalue weighted by Gasteiger charge is -2.39. The van der Waals surface area contributed by atoms with Gasteiger partial charge in [0.1, 0.15) is 11.0 Å². The number of hydrogen-bond acceptors (Lipinski definition) is 6. The van der Waals surface area contributed by atoms with E-state index in [1.54, 1.807) is 18.0 Å². The van der Waals surface area contributed by atoms with E-state index in [4.69, 9.17) is 4.99 Å². The monoisotopic (exact) mass is 428 g/mol. The zero-order chi connectivity index (χ0) is 20.7. The largest absolute Gasteiger partial charge is 0.378 e. The van der Waals surface area contributed by atoms with Crippen LogP contribution in [0.1, 0.15) is 51.0 Å². The van der Waals surface area contributed by atoms with E-state index in [0.717, 1.165) is 48.5 Å². The van der Waals surface area contributed by atoms with Crippen LogP contribution in [-0.2, 0) is 11.2 Å². The lowest BCUT2D eigenvalue weighted by Crippen LogP contribution is -2.49. The highest BCUT2D eigenvalue weighted by Crippen LogP contribution is 2.48. The van der Waals surface area contributed by atoms with E-state index in [9.17, 15) is 9.90 Å². The van der Waals surface area contributed by atoms with Crippen molar-refractivity contribution in [1.29, 1.82) is 0 Å². The Morgan fingerprint density at radius 1 is 1.33 bits per heavy atom. The molecule has 2 aliphatic carbocycles. The molecular weight excluding hydrogens is 396 g/mol. The molecule has 4 fully saturated rings. The summed E-state index contributed by atoms with van der Waals surface area (Å²) in [5, 5.41) is 14.6. The summed E-state index contributed by atoms with van der Waals surface area (Å²) in [4.78, 5) is 24.2. The number of aromatic nitrogens is 1. The molecule has 5 rings (SSSR count). The van der Waals surface area contributed by atoms with E-state index in [2.05, 4.69) is 22.1 Å². The number of amides is 1. The molecule has 1 amide bonds. The number of aliphatic hydroxyl groups excluding tert-OH is 1. The maximum atomic E-state index is 12.9. The molecule has 0 radical (unpaired) electrons. The molecule has 162 valence electrons. The van der Waals surface area contributed by atoms with Crippen LogP contribution in [0.3, 0.4) is 0 Å². The van der Waals surface area contributed by atoms with Gasteiger partial charge in [0.05, 0.1) is 6.04 Å². The Hall–Kier alpha value is -1.44. The molecule has 2 saturated carbocycles. The molecule has 2 N–H and O–H groups in total. The normalized spacial score (nSPS) is 37.1. The molecule has 2 aliphatic heterocycles. The average Bonchev–Trinajstić information content (AvgIpc) is 3.44. The highest BCUT2D eigenvalue weighted by atomic mass is 32.2. The number of nitrogens with zero attached hydrogens (tertiary/aromatic N) is 3. The van der Waals surface area contributed by atoms with Crippen molar-refractivity contribution < 1.29 is 9.90 Å². The van der Waals surface area contributed by atoms with Gasteiger partial charge in [-0.3, -0.25) is 19.7 Å². The van der Waals surface area contributed by atoms with Crippen molar-refractivity contribution in [2.45, 2.75) is 68.9 Å². The third kappa shape index (κ3) is 3.92. The van der Waals surface area contributed by atoms with Gasteiger partial charge in [-0.1, -0.05) is 24.2 Å². The molecule has 0 aromatic carbocycles. The van der Waals surface area contributed by atoms with Gasteiger partial charge in [0.25, 0.3) is 0 Å². The van der Waals surface area contributed by atoms with Crippen LogP contribution in [0.2, 0.25) is 0 Å². The smallest absolute Gasteiger partial charge is 0.242 e. The minimum Gasteiger partial charge on any atom is -0.378 e. The minimum atomic E-state index is -0.497. The van der Waals surface area contributed by atoms with Crippen LogP contribution in [0.5, 0.6) is 0 Å². The van der Waals surface area contributed by atoms with Crippen molar-refractivity contribution in [1.82, 2.24) is 15.2 Å². The van der Waals surface area contributed by atoms with Crippen molar-refractivity contribution in [3.8, 4) is 0 Å². The number of rotatable bonds is 5. The van der Waals surface area contributed by atoms with E-state index in [1.807, 2.05) is 18.3 Å². The summed E-state index contributed by atoms with van der Waals surface area (Å²) in [7, 11) is 0. The molecule has 1 aromatic rings. The molecule has 3 heterocycles. The summed E-state index contributed by atoms with van der Waals surface area (Å²) >= 11 is 1.65. The fourth-order valence-electron chi connectivity index (χ4n) is 5.95. The standard InChI is InChI=1S/C23H32N4O2S/c1-23(21(29)26-22(30-23)25-19-12-15-4-5-17(19)11-15)18-6-9-27(10-7-18)20(28)13-16-3-2-8-24-14-16/h2-3,8,14-15,17-20,28H,4-7,9-13H2,1H3,(H,25,26,29)/t15-,17+,19+,20?,23?/m1/s1. The summed E-state index contributed by atoms with van der Waals surface area (Å²) in [6, 6.07) is 4.32. The van der Waals surface area contributed by atoms with Crippen LogP contribution in [0.4, 0.5) is 0 Å². The topological polar surface area (TPSA) is 77.8 Å². The average molecular weight is 429 g/mol. The van der Waals surface area contributed by atoms with Gasteiger partial charge in [0.2, 0.25) is 5.91 Å². The number of thioether (sulfide) groups is 1. The van der Waals surface area contributed by atoms with Crippen LogP contribution in [0.15, 0.2) is 29.5 Å². The van der Waals surface area contributed by atoms with Crippen molar-refractivity contribution in [3.63, 3.8) is 0 Å². The molecule has 2 saturated heterocycles. The molecule has 6 nitrogen and oxygen atoms in total. The predicted molar refractivity (Wildman–Crippen MR) is 119 cm³/mol. The van der Waals surface area contributed by atoms with Gasteiger partial charge >= 0.3 is 0 Å². The van der Waals surface area contributed by atoms with E-state index in [1.165, 1.54) is 25.7 Å². The number of pyridine rings is 1. The Morgan fingerprint density at radius 2 is 2.17 bits per heavy atom. The number of fused-ring (bicyclic) bond motifs is 2. The number of carbonyl (C=O) groups is 1. The summed E-state index contributed by atoms with van der Waals surface area (Å²) in [6.45, 7) is 3.71. The van der Waals surface area contributed by atoms with E-state index < -0.39 is 11.0 Å². The SMILES string of the molecule is CC1(C2CCN(C(O)Cc3cccnc3)CC2)SC(=N[C@H]2C[C@@H]3CC[C@H]2C3)NC1=O. The number of carbonyl (C=O) groups excluding carboxylic acids is 1. The summed E-state index contributed by atoms with van der Waals surface area (Å²) in [6.07, 6.45) is 10.7. The van der Waals surface area contributed by atoms with Gasteiger partial charge in [-0.25, -0.2) is 0 Å². The van der Waals surface area contributed by atoms with Crippen LogP contribution in [0.25, 0.3) is 0 Å². The number of likely N-dealkylation sites (tertiary alicyclic amines) is 1.